The van der Waals surface area contributed by atoms with Crippen LogP contribution >= 0.6 is 0 Å². The number of rotatable bonds is 6. The van der Waals surface area contributed by atoms with Gasteiger partial charge in [-0.15, -0.1) is 0 Å². The molecular weight excluding hydrogens is 384 g/mol. The molecule has 1 fully saturated rings. The number of hydrogen-bond donors (Lipinski definition) is 3. The molecule has 1 amide bonds. The van der Waals surface area contributed by atoms with Crippen LogP contribution in [0.25, 0.3) is 0 Å². The first-order valence-electron chi connectivity index (χ1n) is 10.8. The summed E-state index contributed by atoms with van der Waals surface area (Å²) in [6.45, 7) is 17.8. The van der Waals surface area contributed by atoms with E-state index in [1.54, 1.807) is 32.9 Å². The van der Waals surface area contributed by atoms with Gasteiger partial charge in [-0.3, -0.25) is 4.79 Å². The van der Waals surface area contributed by atoms with Crippen LogP contribution < -0.4 is 5.32 Å². The third-order valence-electron chi connectivity index (χ3n) is 4.81. The third kappa shape index (κ3) is 12.2. The second-order valence-electron chi connectivity index (χ2n) is 10.7. The van der Waals surface area contributed by atoms with Gasteiger partial charge in [-0.2, -0.15) is 5.06 Å². The molecule has 3 N–H and O–H groups in total. The number of ether oxygens (including phenoxy) is 1. The van der Waals surface area contributed by atoms with E-state index in [4.69, 9.17) is 9.84 Å². The van der Waals surface area contributed by atoms with Crippen LogP contribution in [-0.4, -0.2) is 50.2 Å². The predicted molar refractivity (Wildman–Crippen MR) is 120 cm³/mol. The molecule has 0 aromatic rings. The van der Waals surface area contributed by atoms with Crippen molar-refractivity contribution in [3.63, 3.8) is 0 Å². The standard InChI is InChI=1S/C14H25NO4.C9H19NO/c1-10(2)9-11(7-6-8-12(16)17)15-13(18)19-14(3,4)5;1-8(2)6-5-7-9(3,4)10(8)11/h6-7,10-11H,8-9H2,1-5H3,(H,15,18)(H,16,17);11H,5-7H2,1-4H3/b7-6+;/t11-;/m1./s1. The van der Waals surface area contributed by atoms with Crippen molar-refractivity contribution in [1.82, 2.24) is 10.4 Å². The van der Waals surface area contributed by atoms with Gasteiger partial charge in [-0.1, -0.05) is 26.0 Å². The Hall–Kier alpha value is -1.60. The van der Waals surface area contributed by atoms with Crippen LogP contribution in [0.5, 0.6) is 0 Å². The lowest BCUT2D eigenvalue weighted by Crippen LogP contribution is -2.56. The van der Waals surface area contributed by atoms with Crippen LogP contribution in [-0.2, 0) is 9.53 Å². The van der Waals surface area contributed by atoms with E-state index in [0.29, 0.717) is 5.92 Å². The van der Waals surface area contributed by atoms with Gasteiger partial charge in [0, 0.05) is 11.1 Å². The van der Waals surface area contributed by atoms with Crippen molar-refractivity contribution in [1.29, 1.82) is 0 Å². The van der Waals surface area contributed by atoms with E-state index in [0.717, 1.165) is 19.3 Å². The maximum atomic E-state index is 11.7. The SMILES string of the molecule is CC(C)C[C@@H](/C=C/CC(=O)O)NC(=O)OC(C)(C)C.CC1(C)CCCC(C)(C)N1O. The summed E-state index contributed by atoms with van der Waals surface area (Å²) in [5.74, 6) is -0.508. The van der Waals surface area contributed by atoms with Crippen molar-refractivity contribution in [2.75, 3.05) is 0 Å². The zero-order valence-electron chi connectivity index (χ0n) is 20.4. The number of carboxylic acid groups (broad SMARTS) is 1. The van der Waals surface area contributed by atoms with Crippen LogP contribution in [0.1, 0.15) is 94.4 Å². The number of aliphatic carboxylic acids is 1. The Kier molecular flexibility index (Phi) is 11.1. The molecule has 1 rings (SSSR count). The second kappa shape index (κ2) is 11.7. The molecular formula is C23H44N2O5. The molecule has 1 atom stereocenters. The average Bonchev–Trinajstić information content (AvgIpc) is 2.50. The molecule has 1 heterocycles. The maximum Gasteiger partial charge on any atom is 0.408 e. The van der Waals surface area contributed by atoms with Crippen molar-refractivity contribution in [2.24, 2.45) is 5.92 Å². The van der Waals surface area contributed by atoms with E-state index in [-0.39, 0.29) is 23.5 Å². The summed E-state index contributed by atoms with van der Waals surface area (Å²) in [7, 11) is 0. The molecule has 1 aliphatic rings. The molecule has 0 bridgehead atoms. The molecule has 30 heavy (non-hydrogen) atoms. The van der Waals surface area contributed by atoms with Gasteiger partial charge in [-0.05, 0) is 80.1 Å². The number of hydroxylamine groups is 2. The maximum absolute atomic E-state index is 11.7. The molecule has 0 saturated carbocycles. The van der Waals surface area contributed by atoms with E-state index in [1.807, 2.05) is 13.8 Å². The first kappa shape index (κ1) is 28.4. The molecule has 1 saturated heterocycles. The lowest BCUT2D eigenvalue weighted by Gasteiger charge is -2.48. The van der Waals surface area contributed by atoms with Crippen LogP contribution in [0.2, 0.25) is 0 Å². The quantitative estimate of drug-likeness (QED) is 0.492. The minimum absolute atomic E-state index is 0.0399. The number of carboxylic acids is 1. The van der Waals surface area contributed by atoms with E-state index < -0.39 is 17.7 Å². The van der Waals surface area contributed by atoms with Gasteiger partial charge in [0.15, 0.2) is 0 Å². The number of nitrogens with one attached hydrogen (secondary N) is 1. The molecule has 7 heteroatoms. The molecule has 0 unspecified atom stereocenters. The van der Waals surface area contributed by atoms with E-state index in [1.165, 1.54) is 11.5 Å². The summed E-state index contributed by atoms with van der Waals surface area (Å²) < 4.78 is 5.18. The number of hydrogen-bond acceptors (Lipinski definition) is 5. The first-order valence-corrected chi connectivity index (χ1v) is 10.8. The Morgan fingerprint density at radius 3 is 2.00 bits per heavy atom. The highest BCUT2D eigenvalue weighted by Crippen LogP contribution is 2.36. The van der Waals surface area contributed by atoms with Crippen molar-refractivity contribution < 1.29 is 24.6 Å². The zero-order valence-corrected chi connectivity index (χ0v) is 20.4. The van der Waals surface area contributed by atoms with Crippen molar-refractivity contribution in [2.45, 2.75) is 117 Å². The fourth-order valence-electron chi connectivity index (χ4n) is 3.47. The molecule has 0 aliphatic carbocycles. The highest BCUT2D eigenvalue weighted by molar-refractivity contribution is 5.69. The summed E-state index contributed by atoms with van der Waals surface area (Å²) in [4.78, 5) is 22.1. The van der Waals surface area contributed by atoms with Gasteiger partial charge in [0.2, 0.25) is 0 Å². The number of alkyl carbamates (subject to hydrolysis) is 1. The van der Waals surface area contributed by atoms with Gasteiger partial charge in [0.05, 0.1) is 12.5 Å². The first-order chi connectivity index (χ1) is 13.5. The van der Waals surface area contributed by atoms with Gasteiger partial charge in [0.1, 0.15) is 5.60 Å². The van der Waals surface area contributed by atoms with E-state index in [2.05, 4.69) is 33.0 Å². The Labute approximate surface area is 182 Å². The third-order valence-corrected chi connectivity index (χ3v) is 4.81. The van der Waals surface area contributed by atoms with Crippen LogP contribution in [0.3, 0.4) is 0 Å². The number of carbonyl (C=O) groups excluding carboxylic acids is 1. The molecule has 1 aliphatic heterocycles. The molecule has 0 spiro atoms. The largest absolute Gasteiger partial charge is 0.481 e. The molecule has 0 radical (unpaired) electrons. The van der Waals surface area contributed by atoms with Crippen molar-refractivity contribution in [3.05, 3.63) is 12.2 Å². The van der Waals surface area contributed by atoms with Crippen LogP contribution in [0.15, 0.2) is 12.2 Å². The Bertz CT molecular complexity index is 561. The number of nitrogens with zero attached hydrogens (tertiary/aromatic N) is 1. The Balaban J connectivity index is 0.000000642. The van der Waals surface area contributed by atoms with Crippen molar-refractivity contribution in [3.8, 4) is 0 Å². The summed E-state index contributed by atoms with van der Waals surface area (Å²) in [6, 6.07) is -0.214. The lowest BCUT2D eigenvalue weighted by atomic mass is 9.82. The number of amides is 1. The van der Waals surface area contributed by atoms with E-state index in [9.17, 15) is 14.8 Å². The summed E-state index contributed by atoms with van der Waals surface area (Å²) in [5, 5.41) is 22.6. The summed E-state index contributed by atoms with van der Waals surface area (Å²) >= 11 is 0. The fraction of sp³-hybridized carbons (Fsp3) is 0.826. The molecule has 7 nitrogen and oxygen atoms in total. The molecule has 176 valence electrons. The number of piperidine rings is 1. The Morgan fingerprint density at radius 2 is 1.63 bits per heavy atom. The normalized spacial score (nSPS) is 19.7. The minimum Gasteiger partial charge on any atom is -0.481 e. The van der Waals surface area contributed by atoms with Gasteiger partial charge in [-0.25, -0.2) is 4.79 Å². The fourth-order valence-corrected chi connectivity index (χ4v) is 3.47. The van der Waals surface area contributed by atoms with Crippen LogP contribution in [0.4, 0.5) is 4.79 Å². The summed E-state index contributed by atoms with van der Waals surface area (Å²) in [6.07, 6.45) is 6.85. The van der Waals surface area contributed by atoms with Crippen LogP contribution in [0, 0.1) is 5.92 Å². The highest BCUT2D eigenvalue weighted by atomic mass is 16.6. The van der Waals surface area contributed by atoms with E-state index >= 15 is 0 Å². The molecule has 0 aromatic carbocycles. The molecule has 0 aromatic heterocycles. The second-order valence-corrected chi connectivity index (χ2v) is 10.7. The lowest BCUT2D eigenvalue weighted by molar-refractivity contribution is -0.241. The topological polar surface area (TPSA) is 99.1 Å². The average molecular weight is 429 g/mol. The van der Waals surface area contributed by atoms with Crippen molar-refractivity contribution >= 4 is 12.1 Å². The Morgan fingerprint density at radius 1 is 1.13 bits per heavy atom. The highest BCUT2D eigenvalue weighted by Gasteiger charge is 2.40. The zero-order chi connectivity index (χ0) is 23.8. The predicted octanol–water partition coefficient (Wildman–Crippen LogP) is 5.38. The summed E-state index contributed by atoms with van der Waals surface area (Å²) in [5.41, 5.74) is -0.624. The minimum atomic E-state index is -0.892. The number of carbonyl (C=O) groups is 2. The monoisotopic (exact) mass is 428 g/mol. The smallest absolute Gasteiger partial charge is 0.408 e. The van der Waals surface area contributed by atoms with Gasteiger partial charge in [0.25, 0.3) is 0 Å². The van der Waals surface area contributed by atoms with Gasteiger partial charge >= 0.3 is 12.1 Å². The van der Waals surface area contributed by atoms with Gasteiger partial charge < -0.3 is 20.4 Å².